The second-order valence-electron chi connectivity index (χ2n) is 4.17. The summed E-state index contributed by atoms with van der Waals surface area (Å²) in [5.41, 5.74) is 6.99. The maximum atomic E-state index is 6.18. The van der Waals surface area contributed by atoms with Crippen molar-refractivity contribution >= 4 is 11.6 Å². The van der Waals surface area contributed by atoms with Gasteiger partial charge in [0.2, 0.25) is 0 Å². The molecule has 2 nitrogen and oxygen atoms in total. The van der Waals surface area contributed by atoms with Crippen molar-refractivity contribution in [3.8, 4) is 0 Å². The summed E-state index contributed by atoms with van der Waals surface area (Å²) >= 11 is 6.18. The van der Waals surface area contributed by atoms with Crippen molar-refractivity contribution in [2.75, 3.05) is 13.6 Å². The lowest BCUT2D eigenvalue weighted by atomic mass is 10.1. The number of likely N-dealkylation sites (N-methyl/N-ethyl adjacent to an activating group) is 1. The van der Waals surface area contributed by atoms with Gasteiger partial charge in [-0.15, -0.1) is 0 Å². The fourth-order valence-corrected chi connectivity index (χ4v) is 2.26. The summed E-state index contributed by atoms with van der Waals surface area (Å²) in [6.07, 6.45) is 2.58. The summed E-state index contributed by atoms with van der Waals surface area (Å²) in [7, 11) is 2.14. The number of halogens is 1. The molecule has 0 aliphatic heterocycles. The van der Waals surface area contributed by atoms with Crippen LogP contribution in [-0.2, 0) is 0 Å². The summed E-state index contributed by atoms with van der Waals surface area (Å²) in [4.78, 5) is 2.35. The van der Waals surface area contributed by atoms with Crippen molar-refractivity contribution in [2.24, 2.45) is 5.73 Å². The lowest BCUT2D eigenvalue weighted by molar-refractivity contribution is 0.240. The minimum absolute atomic E-state index is 0.256. The molecule has 1 saturated carbocycles. The Kier molecular flexibility index (Phi) is 3.29. The Labute approximate surface area is 96.0 Å². The highest BCUT2D eigenvalue weighted by Gasteiger charge is 2.31. The van der Waals surface area contributed by atoms with E-state index in [-0.39, 0.29) is 6.04 Å². The van der Waals surface area contributed by atoms with Gasteiger partial charge in [-0.1, -0.05) is 29.8 Å². The highest BCUT2D eigenvalue weighted by atomic mass is 35.5. The van der Waals surface area contributed by atoms with Crippen LogP contribution in [0.1, 0.15) is 24.4 Å². The largest absolute Gasteiger partial charge is 0.329 e. The van der Waals surface area contributed by atoms with Crippen molar-refractivity contribution in [2.45, 2.75) is 24.9 Å². The van der Waals surface area contributed by atoms with E-state index in [4.69, 9.17) is 17.3 Å². The Morgan fingerprint density at radius 3 is 2.67 bits per heavy atom. The van der Waals surface area contributed by atoms with Gasteiger partial charge in [0, 0.05) is 23.7 Å². The molecule has 1 aliphatic carbocycles. The van der Waals surface area contributed by atoms with Gasteiger partial charge in [-0.2, -0.15) is 0 Å². The smallest absolute Gasteiger partial charge is 0.0485 e. The monoisotopic (exact) mass is 224 g/mol. The summed E-state index contributed by atoms with van der Waals surface area (Å²) in [5, 5.41) is 0.820. The topological polar surface area (TPSA) is 29.3 Å². The van der Waals surface area contributed by atoms with Crippen molar-refractivity contribution in [3.05, 3.63) is 34.9 Å². The predicted molar refractivity (Wildman–Crippen MR) is 64.0 cm³/mol. The number of hydrogen-bond donors (Lipinski definition) is 1. The molecule has 1 unspecified atom stereocenters. The second kappa shape index (κ2) is 4.52. The molecule has 0 amide bonds. The molecule has 3 heteroatoms. The minimum atomic E-state index is 0.256. The number of nitrogens with zero attached hydrogens (tertiary/aromatic N) is 1. The maximum absolute atomic E-state index is 6.18. The van der Waals surface area contributed by atoms with E-state index in [1.165, 1.54) is 12.8 Å². The van der Waals surface area contributed by atoms with Crippen LogP contribution < -0.4 is 5.73 Å². The normalized spacial score (nSPS) is 18.1. The average Bonchev–Trinajstić information content (AvgIpc) is 3.05. The van der Waals surface area contributed by atoms with Gasteiger partial charge in [0.1, 0.15) is 0 Å². The van der Waals surface area contributed by atoms with Crippen LogP contribution in [0.25, 0.3) is 0 Å². The maximum Gasteiger partial charge on any atom is 0.0485 e. The highest BCUT2D eigenvalue weighted by Crippen LogP contribution is 2.34. The van der Waals surface area contributed by atoms with Gasteiger partial charge < -0.3 is 5.73 Å². The molecule has 1 aromatic rings. The first kappa shape index (κ1) is 10.9. The highest BCUT2D eigenvalue weighted by molar-refractivity contribution is 6.31. The quantitative estimate of drug-likeness (QED) is 0.851. The Hall–Kier alpha value is -0.570. The van der Waals surface area contributed by atoms with E-state index in [9.17, 15) is 0 Å². The number of hydrogen-bond acceptors (Lipinski definition) is 2. The van der Waals surface area contributed by atoms with Gasteiger partial charge >= 0.3 is 0 Å². The van der Waals surface area contributed by atoms with Gasteiger partial charge in [-0.25, -0.2) is 0 Å². The number of rotatable bonds is 4. The van der Waals surface area contributed by atoms with Crippen LogP contribution in [0.5, 0.6) is 0 Å². The third kappa shape index (κ3) is 2.33. The summed E-state index contributed by atoms with van der Waals surface area (Å²) in [5.74, 6) is 0. The van der Waals surface area contributed by atoms with Crippen molar-refractivity contribution < 1.29 is 0 Å². The van der Waals surface area contributed by atoms with E-state index in [2.05, 4.69) is 18.0 Å². The molecule has 2 N–H and O–H groups in total. The van der Waals surface area contributed by atoms with Crippen LogP contribution in [0.15, 0.2) is 24.3 Å². The van der Waals surface area contributed by atoms with Crippen LogP contribution in [0, 0.1) is 0 Å². The van der Waals surface area contributed by atoms with Crippen LogP contribution in [0.2, 0.25) is 5.02 Å². The third-order valence-electron chi connectivity index (χ3n) is 3.10. The molecule has 0 bridgehead atoms. The average molecular weight is 225 g/mol. The van der Waals surface area contributed by atoms with Crippen molar-refractivity contribution in [1.82, 2.24) is 4.90 Å². The first-order valence-corrected chi connectivity index (χ1v) is 5.78. The molecular formula is C12H17ClN2. The lowest BCUT2D eigenvalue weighted by Crippen LogP contribution is -2.32. The second-order valence-corrected chi connectivity index (χ2v) is 4.58. The van der Waals surface area contributed by atoms with E-state index in [0.29, 0.717) is 12.6 Å². The fraction of sp³-hybridized carbons (Fsp3) is 0.500. The standard InChI is InChI=1S/C12H17ClN2/c1-15(9-6-7-9)12(8-14)10-4-2-3-5-11(10)13/h2-5,9,12H,6-8,14H2,1H3. The molecule has 0 saturated heterocycles. The van der Waals surface area contributed by atoms with Crippen molar-refractivity contribution in [1.29, 1.82) is 0 Å². The molecule has 15 heavy (non-hydrogen) atoms. The minimum Gasteiger partial charge on any atom is -0.329 e. The predicted octanol–water partition coefficient (Wildman–Crippen LogP) is 2.43. The lowest BCUT2D eigenvalue weighted by Gasteiger charge is -2.27. The van der Waals surface area contributed by atoms with E-state index in [1.54, 1.807) is 0 Å². The zero-order chi connectivity index (χ0) is 10.8. The summed E-state index contributed by atoms with van der Waals surface area (Å²) in [6.45, 7) is 0.622. The first-order valence-electron chi connectivity index (χ1n) is 5.40. The Morgan fingerprint density at radius 1 is 1.47 bits per heavy atom. The molecule has 0 spiro atoms. The van der Waals surface area contributed by atoms with Gasteiger partial charge in [-0.3, -0.25) is 4.90 Å². The molecular weight excluding hydrogens is 208 g/mol. The number of benzene rings is 1. The van der Waals surface area contributed by atoms with Crippen LogP contribution in [0.3, 0.4) is 0 Å². The van der Waals surface area contributed by atoms with Crippen LogP contribution >= 0.6 is 11.6 Å². The molecule has 1 fully saturated rings. The first-order chi connectivity index (χ1) is 7.24. The zero-order valence-corrected chi connectivity index (χ0v) is 9.74. The summed E-state index contributed by atoms with van der Waals surface area (Å²) < 4.78 is 0. The molecule has 82 valence electrons. The molecule has 1 aromatic carbocycles. The molecule has 0 radical (unpaired) electrons. The Balaban J connectivity index is 2.21. The number of nitrogens with two attached hydrogens (primary N) is 1. The van der Waals surface area contributed by atoms with Gasteiger partial charge in [0.25, 0.3) is 0 Å². The fourth-order valence-electron chi connectivity index (χ4n) is 1.99. The Bertz CT molecular complexity index is 336. The molecule has 0 heterocycles. The van der Waals surface area contributed by atoms with Crippen molar-refractivity contribution in [3.63, 3.8) is 0 Å². The van der Waals surface area contributed by atoms with Crippen LogP contribution in [0.4, 0.5) is 0 Å². The van der Waals surface area contributed by atoms with Gasteiger partial charge in [-0.05, 0) is 31.5 Å². The van der Waals surface area contributed by atoms with E-state index in [1.807, 2.05) is 18.2 Å². The molecule has 2 rings (SSSR count). The Morgan fingerprint density at radius 2 is 2.13 bits per heavy atom. The molecule has 0 aromatic heterocycles. The van der Waals surface area contributed by atoms with Crippen LogP contribution in [-0.4, -0.2) is 24.5 Å². The van der Waals surface area contributed by atoms with Gasteiger partial charge in [0.05, 0.1) is 0 Å². The van der Waals surface area contributed by atoms with Gasteiger partial charge in [0.15, 0.2) is 0 Å². The zero-order valence-electron chi connectivity index (χ0n) is 8.99. The summed E-state index contributed by atoms with van der Waals surface area (Å²) in [6, 6.07) is 8.93. The van der Waals surface area contributed by atoms with E-state index in [0.717, 1.165) is 10.6 Å². The van der Waals surface area contributed by atoms with E-state index >= 15 is 0 Å². The third-order valence-corrected chi connectivity index (χ3v) is 3.45. The molecule has 1 aliphatic rings. The van der Waals surface area contributed by atoms with E-state index < -0.39 is 0 Å². The molecule has 1 atom stereocenters. The SMILES string of the molecule is CN(C1CC1)C(CN)c1ccccc1Cl.